The van der Waals surface area contributed by atoms with E-state index in [1.54, 1.807) is 9.80 Å². The molecular weight excluding hydrogens is 396 g/mol. The van der Waals surface area contributed by atoms with Crippen molar-refractivity contribution >= 4 is 15.9 Å². The highest BCUT2D eigenvalue weighted by Crippen LogP contribution is 2.49. The van der Waals surface area contributed by atoms with Crippen molar-refractivity contribution in [3.63, 3.8) is 0 Å². The van der Waals surface area contributed by atoms with Crippen LogP contribution < -0.4 is 0 Å². The Bertz CT molecular complexity index is 1010. The molecule has 5 rings (SSSR count). The lowest BCUT2D eigenvalue weighted by Crippen LogP contribution is -2.69. The van der Waals surface area contributed by atoms with Crippen LogP contribution in [0.3, 0.4) is 0 Å². The number of amides is 2. The smallest absolute Gasteiger partial charge is 0.320 e. The van der Waals surface area contributed by atoms with Crippen molar-refractivity contribution in [2.45, 2.75) is 17.1 Å². The zero-order chi connectivity index (χ0) is 20.1. The summed E-state index contributed by atoms with van der Waals surface area (Å²) < 4.78 is 35.6. The normalized spacial score (nSPS) is 25.2. The molecular formula is C19H22N4O5S. The summed E-state index contributed by atoms with van der Waals surface area (Å²) in [5.41, 5.74) is 0.815. The van der Waals surface area contributed by atoms with E-state index in [9.17, 15) is 13.2 Å². The molecule has 3 aliphatic rings. The van der Waals surface area contributed by atoms with Gasteiger partial charge in [0.1, 0.15) is 4.75 Å². The number of aromatic nitrogens is 2. The van der Waals surface area contributed by atoms with E-state index in [1.807, 2.05) is 30.3 Å². The number of ether oxygens (including phenoxy) is 1. The summed E-state index contributed by atoms with van der Waals surface area (Å²) in [6, 6.07) is 9.29. The van der Waals surface area contributed by atoms with Gasteiger partial charge in [-0.15, -0.1) is 0 Å². The standard InChI is InChI=1S/C19H22N4O5S/c24-18(22-7-9-27-10-8-22)23-12-19(13-23)15(6-11-29(19,25)26)17-20-16(21-28-17)14-4-2-1-3-5-14/h1-5,15H,6-13H2. The van der Waals surface area contributed by atoms with Crippen LogP contribution in [0.4, 0.5) is 4.79 Å². The maximum Gasteiger partial charge on any atom is 0.320 e. The molecule has 0 aliphatic carbocycles. The molecule has 3 aliphatic heterocycles. The lowest BCUT2D eigenvalue weighted by Gasteiger charge is -2.50. The van der Waals surface area contributed by atoms with Gasteiger partial charge in [-0.25, -0.2) is 13.2 Å². The Balaban J connectivity index is 1.38. The Kier molecular flexibility index (Phi) is 4.36. The number of likely N-dealkylation sites (tertiary alicyclic amines) is 1. The average molecular weight is 418 g/mol. The Labute approximate surface area is 168 Å². The van der Waals surface area contributed by atoms with Crippen LogP contribution >= 0.6 is 0 Å². The van der Waals surface area contributed by atoms with Gasteiger partial charge in [-0.2, -0.15) is 4.98 Å². The largest absolute Gasteiger partial charge is 0.378 e. The molecule has 1 spiro atoms. The van der Waals surface area contributed by atoms with Crippen LogP contribution in [-0.2, 0) is 14.6 Å². The van der Waals surface area contributed by atoms with E-state index in [0.29, 0.717) is 44.4 Å². The quantitative estimate of drug-likeness (QED) is 0.720. The van der Waals surface area contributed by atoms with Gasteiger partial charge in [-0.05, 0) is 6.42 Å². The van der Waals surface area contributed by atoms with Gasteiger partial charge in [0.2, 0.25) is 11.7 Å². The van der Waals surface area contributed by atoms with Gasteiger partial charge in [-0.3, -0.25) is 0 Å². The van der Waals surface area contributed by atoms with E-state index in [4.69, 9.17) is 9.26 Å². The summed E-state index contributed by atoms with van der Waals surface area (Å²) >= 11 is 0. The molecule has 0 radical (unpaired) electrons. The summed E-state index contributed by atoms with van der Waals surface area (Å²) in [6.07, 6.45) is 0.429. The number of nitrogens with zero attached hydrogens (tertiary/aromatic N) is 4. The van der Waals surface area contributed by atoms with Crippen molar-refractivity contribution in [2.24, 2.45) is 0 Å². The number of hydrogen-bond donors (Lipinski definition) is 0. The minimum Gasteiger partial charge on any atom is -0.378 e. The molecule has 1 aromatic heterocycles. The third kappa shape index (κ3) is 2.93. The maximum atomic E-state index is 12.9. The molecule has 9 nitrogen and oxygen atoms in total. The van der Waals surface area contributed by atoms with Crippen molar-refractivity contribution in [2.75, 3.05) is 45.1 Å². The molecule has 10 heteroatoms. The second-order valence-corrected chi connectivity index (χ2v) is 10.2. The number of rotatable bonds is 2. The average Bonchev–Trinajstić information content (AvgIpc) is 3.30. The van der Waals surface area contributed by atoms with Crippen molar-refractivity contribution in [1.29, 1.82) is 0 Å². The van der Waals surface area contributed by atoms with Crippen LogP contribution in [0, 0.1) is 0 Å². The monoisotopic (exact) mass is 418 g/mol. The lowest BCUT2D eigenvalue weighted by molar-refractivity contribution is 0.0293. The highest BCUT2D eigenvalue weighted by molar-refractivity contribution is 7.93. The van der Waals surface area contributed by atoms with Crippen LogP contribution in [0.15, 0.2) is 34.9 Å². The number of carbonyl (C=O) groups is 1. The predicted octanol–water partition coefficient (Wildman–Crippen LogP) is 1.15. The van der Waals surface area contributed by atoms with E-state index in [2.05, 4.69) is 10.1 Å². The number of hydrogen-bond acceptors (Lipinski definition) is 7. The zero-order valence-corrected chi connectivity index (χ0v) is 16.7. The number of morpholine rings is 1. The van der Waals surface area contributed by atoms with Crippen molar-refractivity contribution in [1.82, 2.24) is 19.9 Å². The molecule has 0 saturated carbocycles. The van der Waals surface area contributed by atoms with Gasteiger partial charge in [0, 0.05) is 31.7 Å². The summed E-state index contributed by atoms with van der Waals surface area (Å²) in [5, 5.41) is 4.05. The van der Waals surface area contributed by atoms with E-state index in [0.717, 1.165) is 5.56 Å². The lowest BCUT2D eigenvalue weighted by atomic mass is 9.83. The van der Waals surface area contributed by atoms with Gasteiger partial charge in [0.25, 0.3) is 0 Å². The molecule has 1 unspecified atom stereocenters. The van der Waals surface area contributed by atoms with Gasteiger partial charge in [-0.1, -0.05) is 35.5 Å². The first-order chi connectivity index (χ1) is 14.0. The van der Waals surface area contributed by atoms with Crippen molar-refractivity contribution in [3.05, 3.63) is 36.2 Å². The van der Waals surface area contributed by atoms with E-state index >= 15 is 0 Å². The minimum atomic E-state index is -3.36. The summed E-state index contributed by atoms with van der Waals surface area (Å²) in [6.45, 7) is 2.41. The Hall–Kier alpha value is -2.46. The fourth-order valence-electron chi connectivity index (χ4n) is 4.49. The highest BCUT2D eigenvalue weighted by atomic mass is 32.2. The van der Waals surface area contributed by atoms with Gasteiger partial charge in [0.15, 0.2) is 9.84 Å². The first-order valence-corrected chi connectivity index (χ1v) is 11.4. The maximum absolute atomic E-state index is 12.9. The van der Waals surface area contributed by atoms with Crippen LogP contribution in [0.5, 0.6) is 0 Å². The summed E-state index contributed by atoms with van der Waals surface area (Å²) in [4.78, 5) is 20.5. The molecule has 29 heavy (non-hydrogen) atoms. The van der Waals surface area contributed by atoms with Gasteiger partial charge < -0.3 is 19.1 Å². The van der Waals surface area contributed by atoms with Gasteiger partial charge >= 0.3 is 6.03 Å². The Morgan fingerprint density at radius 2 is 1.83 bits per heavy atom. The first-order valence-electron chi connectivity index (χ1n) is 9.73. The van der Waals surface area contributed by atoms with Crippen LogP contribution in [0.25, 0.3) is 11.4 Å². The number of urea groups is 1. The Morgan fingerprint density at radius 3 is 2.55 bits per heavy atom. The highest BCUT2D eigenvalue weighted by Gasteiger charge is 2.65. The molecule has 154 valence electrons. The fraction of sp³-hybridized carbons (Fsp3) is 0.526. The number of sulfone groups is 1. The number of benzene rings is 1. The third-order valence-electron chi connectivity index (χ3n) is 6.17. The molecule has 4 heterocycles. The fourth-order valence-corrected chi connectivity index (χ4v) is 6.80. The summed E-state index contributed by atoms with van der Waals surface area (Å²) in [7, 11) is -3.36. The molecule has 0 bridgehead atoms. The second kappa shape index (κ2) is 6.81. The zero-order valence-electron chi connectivity index (χ0n) is 15.9. The molecule has 3 fully saturated rings. The predicted molar refractivity (Wildman–Crippen MR) is 103 cm³/mol. The van der Waals surface area contributed by atoms with Crippen LogP contribution in [0.2, 0.25) is 0 Å². The molecule has 2 aromatic rings. The van der Waals surface area contributed by atoms with Crippen LogP contribution in [-0.4, -0.2) is 84.3 Å². The molecule has 2 amide bonds. The second-order valence-electron chi connectivity index (χ2n) is 7.79. The van der Waals surface area contributed by atoms with Gasteiger partial charge in [0.05, 0.1) is 24.9 Å². The van der Waals surface area contributed by atoms with Crippen molar-refractivity contribution < 1.29 is 22.5 Å². The topological polar surface area (TPSA) is 106 Å². The first kappa shape index (κ1) is 18.6. The molecule has 3 saturated heterocycles. The van der Waals surface area contributed by atoms with E-state index in [-0.39, 0.29) is 24.9 Å². The van der Waals surface area contributed by atoms with E-state index < -0.39 is 20.5 Å². The SMILES string of the molecule is O=C(N1CCOCC1)N1CC2(C1)C(c1nc(-c3ccccc3)no1)CCS2(=O)=O. The van der Waals surface area contributed by atoms with Crippen molar-refractivity contribution in [3.8, 4) is 11.4 Å². The minimum absolute atomic E-state index is 0.0697. The molecule has 0 N–H and O–H groups in total. The third-order valence-corrected chi connectivity index (χ3v) is 8.73. The van der Waals surface area contributed by atoms with E-state index in [1.165, 1.54) is 0 Å². The number of carbonyl (C=O) groups excluding carboxylic acids is 1. The van der Waals surface area contributed by atoms with Crippen LogP contribution in [0.1, 0.15) is 18.2 Å². The molecule has 1 aromatic carbocycles. The summed E-state index contributed by atoms with van der Waals surface area (Å²) in [5.74, 6) is 0.454. The molecule has 1 atom stereocenters. The Morgan fingerprint density at radius 1 is 1.10 bits per heavy atom.